The maximum absolute atomic E-state index is 10.9. The SMILES string of the molecule is CC(C)C(=O)OC(C)(C)C.[Li+]. The monoisotopic (exact) mass is 151 g/mol. The van der Waals surface area contributed by atoms with Crippen LogP contribution in [0, 0.1) is 5.92 Å². The molecule has 0 fully saturated rings. The molecule has 0 aliphatic carbocycles. The average molecular weight is 151 g/mol. The number of esters is 1. The van der Waals surface area contributed by atoms with E-state index in [0.29, 0.717) is 0 Å². The van der Waals surface area contributed by atoms with Crippen molar-refractivity contribution in [2.75, 3.05) is 0 Å². The summed E-state index contributed by atoms with van der Waals surface area (Å²) >= 11 is 0. The predicted octanol–water partition coefficient (Wildman–Crippen LogP) is -1.01. The van der Waals surface area contributed by atoms with Crippen LogP contribution in [-0.2, 0) is 9.53 Å². The first-order valence-corrected chi connectivity index (χ1v) is 3.56. The minimum Gasteiger partial charge on any atom is -0.460 e. The first-order chi connectivity index (χ1) is 4.33. The van der Waals surface area contributed by atoms with E-state index in [1.54, 1.807) is 0 Å². The van der Waals surface area contributed by atoms with Gasteiger partial charge in [0.25, 0.3) is 0 Å². The molecule has 0 N–H and O–H groups in total. The van der Waals surface area contributed by atoms with Gasteiger partial charge in [-0.1, -0.05) is 13.8 Å². The van der Waals surface area contributed by atoms with Crippen molar-refractivity contribution in [3.8, 4) is 0 Å². The zero-order chi connectivity index (χ0) is 8.36. The van der Waals surface area contributed by atoms with Crippen LogP contribution in [-0.4, -0.2) is 11.6 Å². The van der Waals surface area contributed by atoms with Gasteiger partial charge in [-0.05, 0) is 20.8 Å². The first kappa shape index (κ1) is 13.6. The van der Waals surface area contributed by atoms with E-state index in [-0.39, 0.29) is 36.3 Å². The Morgan fingerprint density at radius 1 is 1.27 bits per heavy atom. The van der Waals surface area contributed by atoms with Gasteiger partial charge in [-0.25, -0.2) is 0 Å². The Morgan fingerprint density at radius 3 is 1.73 bits per heavy atom. The second kappa shape index (κ2) is 4.85. The van der Waals surface area contributed by atoms with Gasteiger partial charge in [0.15, 0.2) is 0 Å². The zero-order valence-corrected chi connectivity index (χ0v) is 8.39. The summed E-state index contributed by atoms with van der Waals surface area (Å²) < 4.78 is 5.06. The third-order valence-electron chi connectivity index (χ3n) is 0.878. The van der Waals surface area contributed by atoms with Crippen LogP contribution in [0.1, 0.15) is 34.6 Å². The molecule has 0 saturated carbocycles. The molecule has 0 aliphatic rings. The Kier molecular flexibility index (Phi) is 6.01. The summed E-state index contributed by atoms with van der Waals surface area (Å²) in [5.74, 6) is -0.160. The van der Waals surface area contributed by atoms with Crippen molar-refractivity contribution >= 4 is 5.97 Å². The van der Waals surface area contributed by atoms with Crippen molar-refractivity contribution in [1.82, 2.24) is 0 Å². The normalized spacial score (nSPS) is 10.7. The number of hydrogen-bond donors (Lipinski definition) is 0. The molecule has 0 heterocycles. The zero-order valence-electron chi connectivity index (χ0n) is 8.39. The van der Waals surface area contributed by atoms with Gasteiger partial charge in [0.1, 0.15) is 5.60 Å². The van der Waals surface area contributed by atoms with Crippen molar-refractivity contribution < 1.29 is 28.4 Å². The molecule has 0 amide bonds. The van der Waals surface area contributed by atoms with Gasteiger partial charge >= 0.3 is 24.8 Å². The molecular formula is C8H16LiO2+. The number of rotatable bonds is 1. The van der Waals surface area contributed by atoms with Gasteiger partial charge in [-0.2, -0.15) is 0 Å². The largest absolute Gasteiger partial charge is 1.00 e. The smallest absolute Gasteiger partial charge is 0.460 e. The van der Waals surface area contributed by atoms with Gasteiger partial charge in [-0.3, -0.25) is 4.79 Å². The van der Waals surface area contributed by atoms with E-state index in [1.165, 1.54) is 0 Å². The van der Waals surface area contributed by atoms with Crippen molar-refractivity contribution in [2.24, 2.45) is 5.92 Å². The van der Waals surface area contributed by atoms with Crippen LogP contribution in [0.4, 0.5) is 0 Å². The summed E-state index contributed by atoms with van der Waals surface area (Å²) in [6.45, 7) is 9.26. The van der Waals surface area contributed by atoms with E-state index in [4.69, 9.17) is 4.74 Å². The van der Waals surface area contributed by atoms with Crippen molar-refractivity contribution in [2.45, 2.75) is 40.2 Å². The first-order valence-electron chi connectivity index (χ1n) is 3.56. The molecule has 0 atom stereocenters. The Hall–Kier alpha value is 0.0674. The quantitative estimate of drug-likeness (QED) is 0.354. The van der Waals surface area contributed by atoms with E-state index in [9.17, 15) is 4.79 Å². The summed E-state index contributed by atoms with van der Waals surface area (Å²) in [7, 11) is 0. The Bertz CT molecular complexity index is 125. The molecule has 0 bridgehead atoms. The van der Waals surface area contributed by atoms with Crippen molar-refractivity contribution in [3.63, 3.8) is 0 Å². The van der Waals surface area contributed by atoms with E-state index in [2.05, 4.69) is 0 Å². The summed E-state index contributed by atoms with van der Waals surface area (Å²) in [6, 6.07) is 0. The van der Waals surface area contributed by atoms with Crippen LogP contribution in [0.2, 0.25) is 0 Å². The maximum Gasteiger partial charge on any atom is 1.00 e. The molecule has 60 valence electrons. The Labute approximate surface area is 80.9 Å². The number of carbonyl (C=O) groups is 1. The van der Waals surface area contributed by atoms with Crippen LogP contribution < -0.4 is 18.9 Å². The summed E-state index contributed by atoms with van der Waals surface area (Å²) in [5, 5.41) is 0. The van der Waals surface area contributed by atoms with Crippen LogP contribution >= 0.6 is 0 Å². The molecule has 0 aromatic carbocycles. The van der Waals surface area contributed by atoms with Crippen LogP contribution in [0.25, 0.3) is 0 Å². The van der Waals surface area contributed by atoms with Crippen molar-refractivity contribution in [1.29, 1.82) is 0 Å². The predicted molar refractivity (Wildman–Crippen MR) is 40.7 cm³/mol. The topological polar surface area (TPSA) is 26.3 Å². The van der Waals surface area contributed by atoms with Gasteiger partial charge in [0.2, 0.25) is 0 Å². The molecule has 0 spiro atoms. The third-order valence-corrected chi connectivity index (χ3v) is 0.878. The van der Waals surface area contributed by atoms with Gasteiger partial charge < -0.3 is 4.74 Å². The molecule has 0 saturated heterocycles. The molecule has 2 nitrogen and oxygen atoms in total. The summed E-state index contributed by atoms with van der Waals surface area (Å²) in [6.07, 6.45) is 0. The van der Waals surface area contributed by atoms with Crippen molar-refractivity contribution in [3.05, 3.63) is 0 Å². The van der Waals surface area contributed by atoms with E-state index in [0.717, 1.165) is 0 Å². The van der Waals surface area contributed by atoms with Gasteiger partial charge in [0.05, 0.1) is 5.92 Å². The molecule has 0 aromatic rings. The second-order valence-corrected chi connectivity index (χ2v) is 3.69. The molecule has 0 rings (SSSR count). The Balaban J connectivity index is 0. The fourth-order valence-electron chi connectivity index (χ4n) is 0.420. The van der Waals surface area contributed by atoms with Crippen LogP contribution in [0.15, 0.2) is 0 Å². The van der Waals surface area contributed by atoms with Gasteiger partial charge in [0, 0.05) is 0 Å². The van der Waals surface area contributed by atoms with E-state index < -0.39 is 0 Å². The molecule has 0 unspecified atom stereocenters. The molecule has 3 heteroatoms. The minimum absolute atomic E-state index is 0. The fourth-order valence-corrected chi connectivity index (χ4v) is 0.420. The molecular weight excluding hydrogens is 135 g/mol. The van der Waals surface area contributed by atoms with E-state index in [1.807, 2.05) is 34.6 Å². The summed E-state index contributed by atoms with van der Waals surface area (Å²) in [4.78, 5) is 10.9. The third kappa shape index (κ3) is 7.97. The minimum atomic E-state index is -0.346. The number of carbonyl (C=O) groups excluding carboxylic acids is 1. The van der Waals surface area contributed by atoms with E-state index >= 15 is 0 Å². The summed E-state index contributed by atoms with van der Waals surface area (Å²) in [5.41, 5.74) is -0.346. The molecule has 11 heavy (non-hydrogen) atoms. The number of hydrogen-bond acceptors (Lipinski definition) is 2. The standard InChI is InChI=1S/C8H16O2.Li/c1-6(2)7(9)10-8(3,4)5;/h6H,1-5H3;/q;+1. The average Bonchev–Trinajstić information content (AvgIpc) is 1.60. The maximum atomic E-state index is 10.9. The Morgan fingerprint density at radius 2 is 1.64 bits per heavy atom. The van der Waals surface area contributed by atoms with Crippen LogP contribution in [0.3, 0.4) is 0 Å². The second-order valence-electron chi connectivity index (χ2n) is 3.69. The molecule has 0 aliphatic heterocycles. The van der Waals surface area contributed by atoms with Crippen LogP contribution in [0.5, 0.6) is 0 Å². The fraction of sp³-hybridized carbons (Fsp3) is 0.875. The molecule has 0 aromatic heterocycles. The number of ether oxygens (including phenoxy) is 1. The molecule has 0 radical (unpaired) electrons. The van der Waals surface area contributed by atoms with Gasteiger partial charge in [-0.15, -0.1) is 0 Å².